The van der Waals surface area contributed by atoms with E-state index in [9.17, 15) is 19.5 Å². The Morgan fingerprint density at radius 2 is 1.77 bits per heavy atom. The smallest absolute Gasteiger partial charge is 0.326 e. The van der Waals surface area contributed by atoms with Crippen LogP contribution in [0, 0.1) is 0 Å². The second-order valence-electron chi connectivity index (χ2n) is 5.89. The number of rotatable bonds is 8. The van der Waals surface area contributed by atoms with Gasteiger partial charge < -0.3 is 14.7 Å². The maximum Gasteiger partial charge on any atom is 0.326 e. The summed E-state index contributed by atoms with van der Waals surface area (Å²) in [4.78, 5) is 36.6. The molecular weight excluding hydrogens is 334 g/mol. The molecule has 1 N–H and O–H groups in total. The highest BCUT2D eigenvalue weighted by molar-refractivity contribution is 5.94. The molecule has 1 atom stereocenters. The third-order valence-corrected chi connectivity index (χ3v) is 3.94. The second kappa shape index (κ2) is 8.80. The number of hydrogen-bond donors (Lipinski definition) is 1. The van der Waals surface area contributed by atoms with Gasteiger partial charge in [0.15, 0.2) is 12.4 Å². The molecule has 0 fully saturated rings. The van der Waals surface area contributed by atoms with Crippen LogP contribution in [-0.2, 0) is 16.1 Å². The van der Waals surface area contributed by atoms with E-state index < -0.39 is 17.9 Å². The molecule has 0 heterocycles. The lowest BCUT2D eigenvalue weighted by Crippen LogP contribution is -2.44. The molecular formula is C20H21NO5. The molecule has 0 aliphatic carbocycles. The van der Waals surface area contributed by atoms with Gasteiger partial charge >= 0.3 is 5.97 Å². The van der Waals surface area contributed by atoms with Crippen molar-refractivity contribution in [3.8, 4) is 5.75 Å². The van der Waals surface area contributed by atoms with Crippen LogP contribution in [0.3, 0.4) is 0 Å². The van der Waals surface area contributed by atoms with Gasteiger partial charge in [-0.05, 0) is 31.5 Å². The molecule has 136 valence electrons. The Labute approximate surface area is 152 Å². The molecule has 2 aromatic carbocycles. The molecule has 6 heteroatoms. The minimum atomic E-state index is -1.09. The van der Waals surface area contributed by atoms with E-state index >= 15 is 0 Å². The number of amides is 1. The number of hydrogen-bond acceptors (Lipinski definition) is 4. The predicted molar refractivity (Wildman–Crippen MR) is 96.0 cm³/mol. The minimum Gasteiger partial charge on any atom is -0.484 e. The molecule has 6 nitrogen and oxygen atoms in total. The Morgan fingerprint density at radius 1 is 1.08 bits per heavy atom. The van der Waals surface area contributed by atoms with Gasteiger partial charge in [0.05, 0.1) is 0 Å². The van der Waals surface area contributed by atoms with Crippen molar-refractivity contribution in [2.45, 2.75) is 26.4 Å². The number of ether oxygens (including phenoxy) is 1. The van der Waals surface area contributed by atoms with Crippen LogP contribution in [0.15, 0.2) is 54.6 Å². The molecule has 0 bridgehead atoms. The first-order chi connectivity index (χ1) is 12.4. The monoisotopic (exact) mass is 355 g/mol. The molecule has 1 unspecified atom stereocenters. The number of Topliss-reactive ketones (excluding diaryl/α,β-unsaturated/α-hetero) is 1. The van der Waals surface area contributed by atoms with Crippen molar-refractivity contribution in [1.82, 2.24) is 4.90 Å². The summed E-state index contributed by atoms with van der Waals surface area (Å²) in [6.07, 6.45) is 0. The van der Waals surface area contributed by atoms with Crippen molar-refractivity contribution in [2.24, 2.45) is 0 Å². The lowest BCUT2D eigenvalue weighted by atomic mass is 10.1. The standard InChI is InChI=1S/C20H21NO5/c1-14(20(24)25)21(12-16-7-4-3-5-8-16)19(23)13-26-18-10-6-9-17(11-18)15(2)22/h3-11,14H,12-13H2,1-2H3,(H,24,25). The Hall–Kier alpha value is -3.15. The molecule has 2 aromatic rings. The first-order valence-electron chi connectivity index (χ1n) is 8.18. The Kier molecular flexibility index (Phi) is 6.49. The van der Waals surface area contributed by atoms with E-state index in [1.807, 2.05) is 30.3 Å². The molecule has 1 amide bonds. The van der Waals surface area contributed by atoms with E-state index in [2.05, 4.69) is 0 Å². The van der Waals surface area contributed by atoms with Crippen LogP contribution in [-0.4, -0.2) is 40.3 Å². The Bertz CT molecular complexity index is 788. The zero-order valence-electron chi connectivity index (χ0n) is 14.7. The van der Waals surface area contributed by atoms with Crippen LogP contribution in [0.5, 0.6) is 5.75 Å². The van der Waals surface area contributed by atoms with Crippen LogP contribution < -0.4 is 4.74 Å². The number of benzene rings is 2. The maximum absolute atomic E-state index is 12.6. The number of carbonyl (C=O) groups excluding carboxylic acids is 2. The number of carbonyl (C=O) groups is 3. The summed E-state index contributed by atoms with van der Waals surface area (Å²) < 4.78 is 5.47. The van der Waals surface area contributed by atoms with Crippen molar-refractivity contribution in [3.05, 3.63) is 65.7 Å². The number of carboxylic acid groups (broad SMARTS) is 1. The quantitative estimate of drug-likeness (QED) is 0.736. The van der Waals surface area contributed by atoms with Gasteiger partial charge in [-0.25, -0.2) is 4.79 Å². The van der Waals surface area contributed by atoms with Gasteiger partial charge in [-0.3, -0.25) is 9.59 Å². The van der Waals surface area contributed by atoms with Crippen molar-refractivity contribution in [3.63, 3.8) is 0 Å². The lowest BCUT2D eigenvalue weighted by molar-refractivity contribution is -0.150. The molecule has 0 spiro atoms. The molecule has 0 aliphatic heterocycles. The van der Waals surface area contributed by atoms with Gasteiger partial charge in [-0.1, -0.05) is 42.5 Å². The van der Waals surface area contributed by atoms with Gasteiger partial charge in [0.2, 0.25) is 0 Å². The maximum atomic E-state index is 12.6. The average Bonchev–Trinajstić information content (AvgIpc) is 2.64. The minimum absolute atomic E-state index is 0.105. The van der Waals surface area contributed by atoms with Crippen molar-refractivity contribution in [1.29, 1.82) is 0 Å². The summed E-state index contributed by atoms with van der Waals surface area (Å²) in [7, 11) is 0. The average molecular weight is 355 g/mol. The van der Waals surface area contributed by atoms with Crippen LogP contribution in [0.2, 0.25) is 0 Å². The van der Waals surface area contributed by atoms with Gasteiger partial charge in [-0.15, -0.1) is 0 Å². The topological polar surface area (TPSA) is 83.9 Å². The van der Waals surface area contributed by atoms with Crippen molar-refractivity contribution >= 4 is 17.7 Å². The largest absolute Gasteiger partial charge is 0.484 e. The third kappa shape index (κ3) is 5.17. The fraction of sp³-hybridized carbons (Fsp3) is 0.250. The Morgan fingerprint density at radius 3 is 2.38 bits per heavy atom. The van der Waals surface area contributed by atoms with Crippen LogP contribution in [0.1, 0.15) is 29.8 Å². The summed E-state index contributed by atoms with van der Waals surface area (Å²) in [5.74, 6) is -1.26. The lowest BCUT2D eigenvalue weighted by Gasteiger charge is -2.26. The van der Waals surface area contributed by atoms with Crippen LogP contribution >= 0.6 is 0 Å². The van der Waals surface area contributed by atoms with E-state index in [0.29, 0.717) is 11.3 Å². The first-order valence-corrected chi connectivity index (χ1v) is 8.18. The third-order valence-electron chi connectivity index (χ3n) is 3.94. The molecule has 0 aliphatic rings. The number of nitrogens with zero attached hydrogens (tertiary/aromatic N) is 1. The Balaban J connectivity index is 2.09. The highest BCUT2D eigenvalue weighted by Gasteiger charge is 2.26. The van der Waals surface area contributed by atoms with Crippen molar-refractivity contribution in [2.75, 3.05) is 6.61 Å². The zero-order chi connectivity index (χ0) is 19.1. The number of aliphatic carboxylic acids is 1. The SMILES string of the molecule is CC(=O)c1cccc(OCC(=O)N(Cc2ccccc2)C(C)C(=O)O)c1. The molecule has 2 rings (SSSR count). The van der Waals surface area contributed by atoms with E-state index in [4.69, 9.17) is 4.74 Å². The molecule has 0 aromatic heterocycles. The zero-order valence-corrected chi connectivity index (χ0v) is 14.7. The van der Waals surface area contributed by atoms with Gasteiger partial charge in [0, 0.05) is 12.1 Å². The van der Waals surface area contributed by atoms with Gasteiger partial charge in [-0.2, -0.15) is 0 Å². The fourth-order valence-electron chi connectivity index (χ4n) is 2.39. The van der Waals surface area contributed by atoms with E-state index in [1.165, 1.54) is 18.7 Å². The van der Waals surface area contributed by atoms with Gasteiger partial charge in [0.25, 0.3) is 5.91 Å². The van der Waals surface area contributed by atoms with Crippen LogP contribution in [0.25, 0.3) is 0 Å². The molecule has 0 saturated heterocycles. The summed E-state index contributed by atoms with van der Waals surface area (Å²) in [5, 5.41) is 9.29. The summed E-state index contributed by atoms with van der Waals surface area (Å²) >= 11 is 0. The predicted octanol–water partition coefficient (Wildman–Crippen LogP) is 2.77. The molecule has 0 radical (unpaired) electrons. The molecule has 26 heavy (non-hydrogen) atoms. The van der Waals surface area contributed by atoms with E-state index in [1.54, 1.807) is 24.3 Å². The molecule has 0 saturated carbocycles. The second-order valence-corrected chi connectivity index (χ2v) is 5.89. The summed E-state index contributed by atoms with van der Waals surface area (Å²) in [6.45, 7) is 2.76. The number of ketones is 1. The highest BCUT2D eigenvalue weighted by Crippen LogP contribution is 2.15. The van der Waals surface area contributed by atoms with E-state index in [-0.39, 0.29) is 18.9 Å². The first kappa shape index (κ1) is 19.2. The number of carboxylic acids is 1. The normalized spacial score (nSPS) is 11.5. The highest BCUT2D eigenvalue weighted by atomic mass is 16.5. The van der Waals surface area contributed by atoms with Crippen LogP contribution in [0.4, 0.5) is 0 Å². The summed E-state index contributed by atoms with van der Waals surface area (Å²) in [6, 6.07) is 14.7. The van der Waals surface area contributed by atoms with Crippen molar-refractivity contribution < 1.29 is 24.2 Å². The van der Waals surface area contributed by atoms with E-state index in [0.717, 1.165) is 5.56 Å². The van der Waals surface area contributed by atoms with Gasteiger partial charge in [0.1, 0.15) is 11.8 Å². The summed E-state index contributed by atoms with van der Waals surface area (Å²) in [5.41, 5.74) is 1.31. The fourth-order valence-corrected chi connectivity index (χ4v) is 2.39.